The Hall–Kier alpha value is -1.89. The second kappa shape index (κ2) is 6.93. The van der Waals surface area contributed by atoms with Gasteiger partial charge in [0.1, 0.15) is 12.4 Å². The van der Waals surface area contributed by atoms with Gasteiger partial charge in [-0.15, -0.1) is 0 Å². The molecule has 0 aromatic heterocycles. The van der Waals surface area contributed by atoms with Crippen LogP contribution in [0.1, 0.15) is 37.7 Å². The molecule has 130 valence electrons. The Morgan fingerprint density at radius 2 is 1.96 bits per heavy atom. The summed E-state index contributed by atoms with van der Waals surface area (Å²) < 4.78 is 26.5. The number of carbonyl (C=O) groups is 1. The van der Waals surface area contributed by atoms with Crippen LogP contribution in [0, 0.1) is 5.92 Å². The topological polar surface area (TPSA) is 78.8 Å². The third kappa shape index (κ3) is 3.61. The summed E-state index contributed by atoms with van der Waals surface area (Å²) in [5.41, 5.74) is 0.528. The molecule has 1 aliphatic heterocycles. The monoisotopic (exact) mass is 349 g/mol. The highest BCUT2D eigenvalue weighted by Gasteiger charge is 2.30. The number of fused-ring (bicyclic) bond motifs is 1. The van der Waals surface area contributed by atoms with Crippen LogP contribution >= 0.6 is 0 Å². The highest BCUT2D eigenvalue weighted by Crippen LogP contribution is 2.24. The zero-order valence-corrected chi connectivity index (χ0v) is 14.7. The number of hydrogen-bond donors (Lipinski definition) is 1. The van der Waals surface area contributed by atoms with E-state index >= 15 is 0 Å². The van der Waals surface area contributed by atoms with Crippen LogP contribution in [0.15, 0.2) is 34.2 Å². The zero-order valence-electron chi connectivity index (χ0n) is 13.9. The maximum absolute atomic E-state index is 12.3. The van der Waals surface area contributed by atoms with Crippen molar-refractivity contribution in [1.29, 1.82) is 0 Å². The van der Waals surface area contributed by atoms with Crippen molar-refractivity contribution in [2.75, 3.05) is 20.1 Å². The summed E-state index contributed by atoms with van der Waals surface area (Å²) >= 11 is 0. The Bertz CT molecular complexity index is 752. The molecule has 6 nitrogen and oxygen atoms in total. The van der Waals surface area contributed by atoms with Gasteiger partial charge in [0.25, 0.3) is 10.0 Å². The Morgan fingerprint density at radius 3 is 2.71 bits per heavy atom. The average molecular weight is 349 g/mol. The van der Waals surface area contributed by atoms with Gasteiger partial charge in [-0.05, 0) is 30.9 Å². The number of likely N-dealkylation sites (N-methyl/N-ethyl adjacent to an activating group) is 1. The van der Waals surface area contributed by atoms with Crippen molar-refractivity contribution in [3.05, 3.63) is 29.8 Å². The van der Waals surface area contributed by atoms with E-state index in [9.17, 15) is 13.2 Å². The molecule has 3 rings (SSSR count). The fraction of sp³-hybridized carbons (Fsp3) is 0.529. The molecule has 0 saturated heterocycles. The molecule has 1 heterocycles. The maximum atomic E-state index is 12.3. The summed E-state index contributed by atoms with van der Waals surface area (Å²) in [4.78, 5) is 18.4. The van der Waals surface area contributed by atoms with Crippen LogP contribution in [0.5, 0.6) is 0 Å². The lowest BCUT2D eigenvalue weighted by Crippen LogP contribution is -2.34. The minimum absolute atomic E-state index is 0.0462. The average Bonchev–Trinajstić information content (AvgIpc) is 2.85. The van der Waals surface area contributed by atoms with Gasteiger partial charge in [0.05, 0.1) is 4.90 Å². The second-order valence-corrected chi connectivity index (χ2v) is 8.20. The number of amides is 1. The van der Waals surface area contributed by atoms with Crippen molar-refractivity contribution < 1.29 is 13.2 Å². The normalized spacial score (nSPS) is 21.3. The quantitative estimate of drug-likeness (QED) is 0.900. The molecule has 1 fully saturated rings. The molecule has 0 atom stereocenters. The van der Waals surface area contributed by atoms with Gasteiger partial charge in [0.2, 0.25) is 5.91 Å². The lowest BCUT2D eigenvalue weighted by molar-refractivity contribution is -0.129. The van der Waals surface area contributed by atoms with E-state index in [-0.39, 0.29) is 23.2 Å². The van der Waals surface area contributed by atoms with E-state index in [1.807, 2.05) is 0 Å². The maximum Gasteiger partial charge on any atom is 0.263 e. The summed E-state index contributed by atoms with van der Waals surface area (Å²) in [5, 5.41) is 0. The fourth-order valence-electron chi connectivity index (χ4n) is 3.38. The molecule has 24 heavy (non-hydrogen) atoms. The minimum atomic E-state index is -3.55. The molecule has 0 unspecified atom stereocenters. The SMILES string of the molecule is CN(CC1CCCCC1)C(=O)CN=C1NS(=O)(=O)c2ccccc21. The molecular weight excluding hydrogens is 326 g/mol. The number of sulfonamides is 1. The van der Waals surface area contributed by atoms with Crippen molar-refractivity contribution >= 4 is 21.8 Å². The van der Waals surface area contributed by atoms with E-state index < -0.39 is 10.0 Å². The van der Waals surface area contributed by atoms with Crippen LogP contribution in [0.3, 0.4) is 0 Å². The third-order valence-corrected chi connectivity index (χ3v) is 6.11. The van der Waals surface area contributed by atoms with Gasteiger partial charge in [0.15, 0.2) is 0 Å². The smallest absolute Gasteiger partial charge is 0.263 e. The van der Waals surface area contributed by atoms with Crippen LogP contribution in [-0.2, 0) is 14.8 Å². The Morgan fingerprint density at radius 1 is 1.25 bits per heavy atom. The lowest BCUT2D eigenvalue weighted by Gasteiger charge is -2.26. The first-order valence-electron chi connectivity index (χ1n) is 8.38. The molecule has 2 aliphatic rings. The van der Waals surface area contributed by atoms with Crippen LogP contribution in [0.2, 0.25) is 0 Å². The molecule has 0 spiro atoms. The van der Waals surface area contributed by atoms with Crippen molar-refractivity contribution in [1.82, 2.24) is 9.62 Å². The van der Waals surface area contributed by atoms with Gasteiger partial charge in [-0.3, -0.25) is 14.5 Å². The summed E-state index contributed by atoms with van der Waals surface area (Å²) in [7, 11) is -1.76. The van der Waals surface area contributed by atoms with Crippen LogP contribution in [0.25, 0.3) is 0 Å². The number of amidine groups is 1. The van der Waals surface area contributed by atoms with Gasteiger partial charge in [-0.2, -0.15) is 0 Å². The molecule has 1 aromatic carbocycles. The Balaban J connectivity index is 1.64. The van der Waals surface area contributed by atoms with E-state index in [2.05, 4.69) is 9.71 Å². The van der Waals surface area contributed by atoms with Crippen LogP contribution < -0.4 is 4.72 Å². The number of rotatable bonds is 4. The first kappa shape index (κ1) is 17.0. The van der Waals surface area contributed by atoms with E-state index in [4.69, 9.17) is 0 Å². The molecule has 1 N–H and O–H groups in total. The van der Waals surface area contributed by atoms with Gasteiger partial charge < -0.3 is 4.90 Å². The standard InChI is InChI=1S/C17H23N3O3S/c1-20(12-13-7-3-2-4-8-13)16(21)11-18-17-14-9-5-6-10-15(14)24(22,23)19-17/h5-6,9-10,13H,2-4,7-8,11-12H2,1H3,(H,18,19). The summed E-state index contributed by atoms with van der Waals surface area (Å²) in [6.45, 7) is 0.710. The van der Waals surface area contributed by atoms with E-state index in [0.717, 1.165) is 6.54 Å². The number of carbonyl (C=O) groups excluding carboxylic acids is 1. The van der Waals surface area contributed by atoms with Crippen molar-refractivity contribution in [3.63, 3.8) is 0 Å². The summed E-state index contributed by atoms with van der Waals surface area (Å²) in [5.74, 6) is 0.743. The molecule has 7 heteroatoms. The predicted octanol–water partition coefficient (Wildman–Crippen LogP) is 1.76. The highest BCUT2D eigenvalue weighted by molar-refractivity contribution is 7.90. The van der Waals surface area contributed by atoms with Crippen molar-refractivity contribution in [2.45, 2.75) is 37.0 Å². The predicted molar refractivity (Wildman–Crippen MR) is 92.4 cm³/mol. The molecule has 0 bridgehead atoms. The van der Waals surface area contributed by atoms with E-state index in [1.165, 1.54) is 38.2 Å². The zero-order chi connectivity index (χ0) is 17.2. The van der Waals surface area contributed by atoms with Crippen molar-refractivity contribution in [3.8, 4) is 0 Å². The minimum Gasteiger partial charge on any atom is -0.344 e. The Labute approximate surface area is 143 Å². The van der Waals surface area contributed by atoms with Gasteiger partial charge in [-0.1, -0.05) is 31.4 Å². The highest BCUT2D eigenvalue weighted by atomic mass is 32.2. The van der Waals surface area contributed by atoms with Gasteiger partial charge in [0, 0.05) is 19.2 Å². The van der Waals surface area contributed by atoms with Crippen LogP contribution in [0.4, 0.5) is 0 Å². The number of hydrogen-bond acceptors (Lipinski definition) is 4. The number of benzene rings is 1. The molecule has 1 aliphatic carbocycles. The molecule has 0 radical (unpaired) electrons. The summed E-state index contributed by atoms with van der Waals surface area (Å²) in [6, 6.07) is 6.66. The largest absolute Gasteiger partial charge is 0.344 e. The first-order chi connectivity index (χ1) is 11.5. The molecule has 1 amide bonds. The second-order valence-electron chi connectivity index (χ2n) is 6.54. The van der Waals surface area contributed by atoms with Gasteiger partial charge >= 0.3 is 0 Å². The third-order valence-electron chi connectivity index (χ3n) is 4.72. The first-order valence-corrected chi connectivity index (χ1v) is 9.86. The molecule has 1 saturated carbocycles. The fourth-order valence-corrected chi connectivity index (χ4v) is 4.63. The van der Waals surface area contributed by atoms with Crippen molar-refractivity contribution in [2.24, 2.45) is 10.9 Å². The Kier molecular flexibility index (Phi) is 4.89. The molecule has 1 aromatic rings. The number of aliphatic imine (C=N–C) groups is 1. The molecular formula is C17H23N3O3S. The van der Waals surface area contributed by atoms with E-state index in [1.54, 1.807) is 30.1 Å². The van der Waals surface area contributed by atoms with E-state index in [0.29, 0.717) is 11.5 Å². The van der Waals surface area contributed by atoms with Gasteiger partial charge in [-0.25, -0.2) is 8.42 Å². The lowest BCUT2D eigenvalue weighted by atomic mass is 9.89. The number of nitrogens with zero attached hydrogens (tertiary/aromatic N) is 2. The number of nitrogens with one attached hydrogen (secondary N) is 1. The van der Waals surface area contributed by atoms with Crippen LogP contribution in [-0.4, -0.2) is 45.2 Å². The summed E-state index contributed by atoms with van der Waals surface area (Å²) in [6.07, 6.45) is 6.14.